The van der Waals surface area contributed by atoms with Gasteiger partial charge in [0, 0.05) is 6.54 Å². The lowest BCUT2D eigenvalue weighted by Gasteiger charge is -2.37. The lowest BCUT2D eigenvalue weighted by atomic mass is 9.79. The summed E-state index contributed by atoms with van der Waals surface area (Å²) in [5.41, 5.74) is 5.04. The fourth-order valence-corrected chi connectivity index (χ4v) is 3.92. The highest BCUT2D eigenvalue weighted by Gasteiger charge is 2.47. The van der Waals surface area contributed by atoms with Gasteiger partial charge in [0.2, 0.25) is 11.8 Å². The number of likely N-dealkylation sites (tertiary alicyclic amines) is 1. The Morgan fingerprint density at radius 1 is 1.32 bits per heavy atom. The monoisotopic (exact) mass is 311 g/mol. The Morgan fingerprint density at radius 2 is 1.91 bits per heavy atom. The second-order valence-corrected chi connectivity index (χ2v) is 6.89. The Kier molecular flexibility index (Phi) is 4.63. The van der Waals surface area contributed by atoms with Gasteiger partial charge in [-0.25, -0.2) is 4.79 Å². The largest absolute Gasteiger partial charge is 0.465 e. The molecular weight excluding hydrogens is 286 g/mol. The first kappa shape index (κ1) is 16.6. The zero-order valence-corrected chi connectivity index (χ0v) is 13.2. The minimum Gasteiger partial charge on any atom is -0.465 e. The smallest absolute Gasteiger partial charge is 0.405 e. The molecule has 0 aromatic rings. The van der Waals surface area contributed by atoms with E-state index in [2.05, 4.69) is 5.32 Å². The van der Waals surface area contributed by atoms with Gasteiger partial charge in [-0.15, -0.1) is 0 Å². The zero-order valence-electron chi connectivity index (χ0n) is 13.2. The predicted octanol–water partition coefficient (Wildman–Crippen LogP) is 0.925. The SMILES string of the molecule is CC1CCN(C(=O)[C@@H](NC(=O)O)C2(C)CCCC2)C1C(N)=O. The molecule has 1 aliphatic heterocycles. The summed E-state index contributed by atoms with van der Waals surface area (Å²) in [7, 11) is 0. The average Bonchev–Trinajstić information content (AvgIpc) is 3.02. The number of nitrogens with one attached hydrogen (secondary N) is 1. The quantitative estimate of drug-likeness (QED) is 0.716. The average molecular weight is 311 g/mol. The lowest BCUT2D eigenvalue weighted by molar-refractivity contribution is -0.142. The van der Waals surface area contributed by atoms with Gasteiger partial charge in [0.15, 0.2) is 0 Å². The van der Waals surface area contributed by atoms with E-state index in [1.165, 1.54) is 4.90 Å². The van der Waals surface area contributed by atoms with Gasteiger partial charge in [0.25, 0.3) is 0 Å². The van der Waals surface area contributed by atoms with E-state index in [9.17, 15) is 14.4 Å². The molecule has 0 bridgehead atoms. The molecular formula is C15H25N3O4. The topological polar surface area (TPSA) is 113 Å². The number of nitrogens with zero attached hydrogens (tertiary/aromatic N) is 1. The van der Waals surface area contributed by atoms with Crippen LogP contribution in [-0.2, 0) is 9.59 Å². The first-order chi connectivity index (χ1) is 10.3. The number of nitrogens with two attached hydrogens (primary N) is 1. The molecule has 124 valence electrons. The highest BCUT2D eigenvalue weighted by atomic mass is 16.4. The van der Waals surface area contributed by atoms with Crippen molar-refractivity contribution < 1.29 is 19.5 Å². The van der Waals surface area contributed by atoms with Crippen LogP contribution in [0.1, 0.15) is 46.0 Å². The normalized spacial score (nSPS) is 28.4. The van der Waals surface area contributed by atoms with Gasteiger partial charge in [-0.2, -0.15) is 0 Å². The molecule has 1 saturated carbocycles. The molecule has 1 aliphatic carbocycles. The van der Waals surface area contributed by atoms with Crippen molar-refractivity contribution in [3.05, 3.63) is 0 Å². The Bertz CT molecular complexity index is 473. The number of hydrogen-bond donors (Lipinski definition) is 3. The molecule has 22 heavy (non-hydrogen) atoms. The van der Waals surface area contributed by atoms with Crippen LogP contribution in [0.15, 0.2) is 0 Å². The molecule has 0 aromatic heterocycles. The minimum absolute atomic E-state index is 0.00307. The van der Waals surface area contributed by atoms with Crippen molar-refractivity contribution in [3.63, 3.8) is 0 Å². The van der Waals surface area contributed by atoms with Crippen LogP contribution in [0.25, 0.3) is 0 Å². The Hall–Kier alpha value is -1.79. The Morgan fingerprint density at radius 3 is 2.41 bits per heavy atom. The van der Waals surface area contributed by atoms with Gasteiger partial charge in [-0.3, -0.25) is 9.59 Å². The number of carbonyl (C=O) groups excluding carboxylic acids is 2. The molecule has 3 amide bonds. The van der Waals surface area contributed by atoms with Crippen molar-refractivity contribution in [2.75, 3.05) is 6.54 Å². The molecule has 0 spiro atoms. The van der Waals surface area contributed by atoms with Crippen molar-refractivity contribution in [1.82, 2.24) is 10.2 Å². The second-order valence-electron chi connectivity index (χ2n) is 6.89. The fourth-order valence-electron chi connectivity index (χ4n) is 3.92. The number of rotatable bonds is 4. The maximum absolute atomic E-state index is 12.9. The third-order valence-corrected chi connectivity index (χ3v) is 5.23. The summed E-state index contributed by atoms with van der Waals surface area (Å²) in [5, 5.41) is 11.5. The van der Waals surface area contributed by atoms with Crippen LogP contribution < -0.4 is 11.1 Å². The maximum Gasteiger partial charge on any atom is 0.405 e. The van der Waals surface area contributed by atoms with E-state index in [0.717, 1.165) is 25.7 Å². The molecule has 1 heterocycles. The van der Waals surface area contributed by atoms with Gasteiger partial charge < -0.3 is 21.1 Å². The molecule has 2 fully saturated rings. The maximum atomic E-state index is 12.9. The summed E-state index contributed by atoms with van der Waals surface area (Å²) in [5.74, 6) is -0.840. The van der Waals surface area contributed by atoms with Crippen LogP contribution in [-0.4, -0.2) is 46.5 Å². The van der Waals surface area contributed by atoms with Gasteiger partial charge in [0.05, 0.1) is 0 Å². The number of carbonyl (C=O) groups is 3. The summed E-state index contributed by atoms with van der Waals surface area (Å²) < 4.78 is 0. The van der Waals surface area contributed by atoms with Gasteiger partial charge in [-0.1, -0.05) is 26.7 Å². The van der Waals surface area contributed by atoms with Crippen molar-refractivity contribution >= 4 is 17.9 Å². The first-order valence-corrected chi connectivity index (χ1v) is 7.85. The van der Waals surface area contributed by atoms with E-state index in [1.54, 1.807) is 0 Å². The standard InChI is InChI=1S/C15H25N3O4/c1-9-5-8-18(10(9)12(16)19)13(20)11(17-14(21)22)15(2)6-3-4-7-15/h9-11,17H,3-8H2,1-2H3,(H2,16,19)(H,21,22)/t9?,10?,11-/m1/s1. The summed E-state index contributed by atoms with van der Waals surface area (Å²) in [6, 6.07) is -1.46. The van der Waals surface area contributed by atoms with Crippen molar-refractivity contribution in [2.45, 2.75) is 58.0 Å². The van der Waals surface area contributed by atoms with Crippen LogP contribution in [0.5, 0.6) is 0 Å². The molecule has 7 heteroatoms. The number of hydrogen-bond acceptors (Lipinski definition) is 3. The second kappa shape index (κ2) is 6.14. The van der Waals surface area contributed by atoms with Crippen molar-refractivity contribution in [3.8, 4) is 0 Å². The summed E-state index contributed by atoms with van der Waals surface area (Å²) in [6.45, 7) is 4.28. The number of primary amides is 1. The van der Waals surface area contributed by atoms with Gasteiger partial charge in [-0.05, 0) is 30.6 Å². The van der Waals surface area contributed by atoms with E-state index in [1.807, 2.05) is 13.8 Å². The number of amides is 3. The summed E-state index contributed by atoms with van der Waals surface area (Å²) in [6.07, 6.45) is 3.06. The first-order valence-electron chi connectivity index (χ1n) is 7.85. The van der Waals surface area contributed by atoms with Crippen LogP contribution in [0.3, 0.4) is 0 Å². The zero-order chi connectivity index (χ0) is 16.5. The van der Waals surface area contributed by atoms with E-state index < -0.39 is 29.5 Å². The Labute approximate surface area is 130 Å². The lowest BCUT2D eigenvalue weighted by Crippen LogP contribution is -2.58. The molecule has 0 aromatic carbocycles. The Balaban J connectivity index is 2.25. The third-order valence-electron chi connectivity index (χ3n) is 5.23. The van der Waals surface area contributed by atoms with Crippen LogP contribution >= 0.6 is 0 Å². The molecule has 7 nitrogen and oxygen atoms in total. The highest BCUT2D eigenvalue weighted by molar-refractivity contribution is 5.91. The molecule has 3 atom stereocenters. The van der Waals surface area contributed by atoms with E-state index in [0.29, 0.717) is 13.0 Å². The van der Waals surface area contributed by atoms with Gasteiger partial charge in [0.1, 0.15) is 12.1 Å². The summed E-state index contributed by atoms with van der Waals surface area (Å²) in [4.78, 5) is 37.2. The molecule has 4 N–H and O–H groups in total. The van der Waals surface area contributed by atoms with Crippen molar-refractivity contribution in [2.24, 2.45) is 17.1 Å². The number of carboxylic acid groups (broad SMARTS) is 1. The minimum atomic E-state index is -1.21. The molecule has 1 saturated heterocycles. The molecule has 2 rings (SSSR count). The van der Waals surface area contributed by atoms with Crippen LogP contribution in [0.2, 0.25) is 0 Å². The molecule has 0 radical (unpaired) electrons. The summed E-state index contributed by atoms with van der Waals surface area (Å²) >= 11 is 0. The third kappa shape index (κ3) is 3.03. The molecule has 2 unspecified atom stereocenters. The van der Waals surface area contributed by atoms with E-state index in [4.69, 9.17) is 10.8 Å². The van der Waals surface area contributed by atoms with E-state index in [-0.39, 0.29) is 11.8 Å². The van der Waals surface area contributed by atoms with Gasteiger partial charge >= 0.3 is 6.09 Å². The highest BCUT2D eigenvalue weighted by Crippen LogP contribution is 2.42. The van der Waals surface area contributed by atoms with Crippen molar-refractivity contribution in [1.29, 1.82) is 0 Å². The van der Waals surface area contributed by atoms with E-state index >= 15 is 0 Å². The molecule has 2 aliphatic rings. The fraction of sp³-hybridized carbons (Fsp3) is 0.800. The predicted molar refractivity (Wildman–Crippen MR) is 80.0 cm³/mol. The van der Waals surface area contributed by atoms with Crippen LogP contribution in [0, 0.1) is 11.3 Å². The van der Waals surface area contributed by atoms with Crippen LogP contribution in [0.4, 0.5) is 4.79 Å².